The molecule has 1 aromatic carbocycles. The van der Waals surface area contributed by atoms with Crippen molar-refractivity contribution in [1.29, 1.82) is 0 Å². The number of aromatic nitrogens is 1. The predicted molar refractivity (Wildman–Crippen MR) is 126 cm³/mol. The first-order valence-electron chi connectivity index (χ1n) is 10.5. The first-order valence-corrected chi connectivity index (χ1v) is 13.3. The second-order valence-corrected chi connectivity index (χ2v) is 10.5. The summed E-state index contributed by atoms with van der Waals surface area (Å²) in [7, 11) is -3.67. The third-order valence-corrected chi connectivity index (χ3v) is 7.82. The zero-order valence-corrected chi connectivity index (χ0v) is 19.6. The standard InChI is InChI=1S/C22H28N4O4S2/c1-31-15-12-19(22(28)25-20-11-5-6-13-23-20)24-21(27)17-8-7-14-26(16-17)32(29,30)18-9-3-2-4-10-18/h2-6,9-11,13,17,19H,7-8,12,14-16H2,1H3,(H,24,27)(H,23,25,28)/t17?,19-/m1/s1. The number of piperidine rings is 1. The number of hydrogen-bond acceptors (Lipinski definition) is 6. The van der Waals surface area contributed by atoms with Crippen LogP contribution in [0.15, 0.2) is 59.6 Å². The van der Waals surface area contributed by atoms with E-state index in [2.05, 4.69) is 15.6 Å². The lowest BCUT2D eigenvalue weighted by Gasteiger charge is -2.32. The largest absolute Gasteiger partial charge is 0.344 e. The summed E-state index contributed by atoms with van der Waals surface area (Å²) in [6, 6.07) is 12.7. The van der Waals surface area contributed by atoms with Crippen LogP contribution < -0.4 is 10.6 Å². The average Bonchev–Trinajstić information content (AvgIpc) is 2.82. The fraction of sp³-hybridized carbons (Fsp3) is 0.409. The second kappa shape index (κ2) is 11.4. The number of hydrogen-bond donors (Lipinski definition) is 2. The molecule has 2 amide bonds. The maximum Gasteiger partial charge on any atom is 0.248 e. The van der Waals surface area contributed by atoms with Gasteiger partial charge in [0.1, 0.15) is 11.9 Å². The number of thioether (sulfide) groups is 1. The van der Waals surface area contributed by atoms with Crippen LogP contribution in [-0.2, 0) is 19.6 Å². The minimum atomic E-state index is -3.67. The Morgan fingerprint density at radius 3 is 2.62 bits per heavy atom. The van der Waals surface area contributed by atoms with E-state index in [0.717, 1.165) is 0 Å². The van der Waals surface area contributed by atoms with Crippen molar-refractivity contribution in [2.24, 2.45) is 5.92 Å². The molecule has 0 aliphatic carbocycles. The Morgan fingerprint density at radius 1 is 1.19 bits per heavy atom. The molecule has 32 heavy (non-hydrogen) atoms. The van der Waals surface area contributed by atoms with E-state index in [0.29, 0.717) is 37.4 Å². The van der Waals surface area contributed by atoms with Crippen LogP contribution in [0, 0.1) is 5.92 Å². The van der Waals surface area contributed by atoms with Crippen LogP contribution in [0.25, 0.3) is 0 Å². The Hall–Kier alpha value is -2.43. The van der Waals surface area contributed by atoms with Gasteiger partial charge in [-0.3, -0.25) is 9.59 Å². The van der Waals surface area contributed by atoms with Crippen LogP contribution >= 0.6 is 11.8 Å². The van der Waals surface area contributed by atoms with Gasteiger partial charge in [0.05, 0.1) is 10.8 Å². The summed E-state index contributed by atoms with van der Waals surface area (Å²) in [4.78, 5) is 30.1. The highest BCUT2D eigenvalue weighted by atomic mass is 32.2. The van der Waals surface area contributed by atoms with Crippen LogP contribution in [0.1, 0.15) is 19.3 Å². The summed E-state index contributed by atoms with van der Waals surface area (Å²) in [6.07, 6.45) is 5.13. The average molecular weight is 477 g/mol. The molecule has 1 aromatic heterocycles. The van der Waals surface area contributed by atoms with E-state index in [1.165, 1.54) is 4.31 Å². The van der Waals surface area contributed by atoms with Crippen molar-refractivity contribution in [2.75, 3.05) is 30.4 Å². The number of carbonyl (C=O) groups excluding carboxylic acids is 2. The summed E-state index contributed by atoms with van der Waals surface area (Å²) in [5.74, 6) is -0.0454. The quantitative estimate of drug-likeness (QED) is 0.575. The lowest BCUT2D eigenvalue weighted by Crippen LogP contribution is -2.50. The molecule has 2 atom stereocenters. The van der Waals surface area contributed by atoms with Gasteiger partial charge in [-0.25, -0.2) is 13.4 Å². The van der Waals surface area contributed by atoms with Gasteiger partial charge >= 0.3 is 0 Å². The summed E-state index contributed by atoms with van der Waals surface area (Å²) in [5.41, 5.74) is 0. The molecule has 0 saturated carbocycles. The third kappa shape index (κ3) is 6.30. The molecule has 3 rings (SSSR count). The maximum atomic E-state index is 13.0. The zero-order valence-electron chi connectivity index (χ0n) is 17.9. The van der Waals surface area contributed by atoms with Gasteiger partial charge in [0.2, 0.25) is 21.8 Å². The number of amides is 2. The van der Waals surface area contributed by atoms with E-state index in [1.807, 2.05) is 6.26 Å². The molecule has 0 bridgehead atoms. The molecular formula is C22H28N4O4S2. The molecule has 1 unspecified atom stereocenters. The van der Waals surface area contributed by atoms with E-state index in [9.17, 15) is 18.0 Å². The van der Waals surface area contributed by atoms with Crippen molar-refractivity contribution in [3.63, 3.8) is 0 Å². The van der Waals surface area contributed by atoms with Crippen molar-refractivity contribution in [1.82, 2.24) is 14.6 Å². The molecule has 1 aliphatic rings. The zero-order chi connectivity index (χ0) is 23.0. The molecule has 2 aromatic rings. The van der Waals surface area contributed by atoms with Gasteiger partial charge in [-0.1, -0.05) is 24.3 Å². The Bertz CT molecular complexity index is 1000. The number of benzene rings is 1. The SMILES string of the molecule is CSCC[C@@H](NC(=O)C1CCCN(S(=O)(=O)c2ccccc2)C1)C(=O)Nc1ccccn1. The van der Waals surface area contributed by atoms with Crippen LogP contribution in [0.3, 0.4) is 0 Å². The van der Waals surface area contributed by atoms with E-state index in [1.54, 1.807) is 66.5 Å². The van der Waals surface area contributed by atoms with E-state index in [-0.39, 0.29) is 23.3 Å². The third-order valence-electron chi connectivity index (χ3n) is 5.30. The Kier molecular flexibility index (Phi) is 8.66. The van der Waals surface area contributed by atoms with Crippen LogP contribution in [0.5, 0.6) is 0 Å². The molecule has 1 aliphatic heterocycles. The summed E-state index contributed by atoms with van der Waals surface area (Å²) < 4.78 is 27.3. The van der Waals surface area contributed by atoms with Crippen LogP contribution in [0.4, 0.5) is 5.82 Å². The van der Waals surface area contributed by atoms with E-state index in [4.69, 9.17) is 0 Å². The first-order chi connectivity index (χ1) is 15.4. The van der Waals surface area contributed by atoms with Gasteiger partial charge in [0.15, 0.2) is 0 Å². The molecule has 1 fully saturated rings. The highest BCUT2D eigenvalue weighted by Gasteiger charge is 2.34. The van der Waals surface area contributed by atoms with Gasteiger partial charge < -0.3 is 10.6 Å². The molecule has 10 heteroatoms. The van der Waals surface area contributed by atoms with E-state index >= 15 is 0 Å². The normalized spacial score (nSPS) is 18.0. The molecule has 1 saturated heterocycles. The smallest absolute Gasteiger partial charge is 0.248 e. The summed E-state index contributed by atoms with van der Waals surface area (Å²) in [6.45, 7) is 0.469. The number of pyridine rings is 1. The number of nitrogens with one attached hydrogen (secondary N) is 2. The van der Waals surface area contributed by atoms with Gasteiger partial charge in [0, 0.05) is 19.3 Å². The highest BCUT2D eigenvalue weighted by molar-refractivity contribution is 7.98. The first kappa shape index (κ1) is 24.2. The van der Waals surface area contributed by atoms with Crippen LogP contribution in [-0.4, -0.2) is 60.7 Å². The second-order valence-electron chi connectivity index (χ2n) is 7.56. The summed E-state index contributed by atoms with van der Waals surface area (Å²) in [5, 5.41) is 5.57. The van der Waals surface area contributed by atoms with Crippen molar-refractivity contribution in [2.45, 2.75) is 30.2 Å². The van der Waals surface area contributed by atoms with Gasteiger partial charge in [-0.05, 0) is 55.5 Å². The Balaban J connectivity index is 1.66. The fourth-order valence-electron chi connectivity index (χ4n) is 3.56. The molecule has 8 nitrogen and oxygen atoms in total. The lowest BCUT2D eigenvalue weighted by molar-refractivity contribution is -0.130. The minimum Gasteiger partial charge on any atom is -0.344 e. The minimum absolute atomic E-state index is 0.0974. The fourth-order valence-corrected chi connectivity index (χ4v) is 5.58. The molecule has 0 spiro atoms. The van der Waals surface area contributed by atoms with Gasteiger partial charge in [-0.15, -0.1) is 0 Å². The van der Waals surface area contributed by atoms with Gasteiger partial charge in [0.25, 0.3) is 0 Å². The van der Waals surface area contributed by atoms with E-state index < -0.39 is 22.0 Å². The Morgan fingerprint density at radius 2 is 1.94 bits per heavy atom. The topological polar surface area (TPSA) is 108 Å². The predicted octanol–water partition coefficient (Wildman–Crippen LogP) is 2.36. The lowest BCUT2D eigenvalue weighted by atomic mass is 9.98. The Labute approximate surface area is 193 Å². The van der Waals surface area contributed by atoms with Crippen molar-refractivity contribution < 1.29 is 18.0 Å². The number of anilines is 1. The molecule has 0 radical (unpaired) electrons. The monoisotopic (exact) mass is 476 g/mol. The molecule has 172 valence electrons. The summed E-state index contributed by atoms with van der Waals surface area (Å²) >= 11 is 1.58. The molecule has 2 N–H and O–H groups in total. The number of carbonyl (C=O) groups is 2. The van der Waals surface area contributed by atoms with Crippen molar-refractivity contribution in [3.05, 3.63) is 54.7 Å². The molecular weight excluding hydrogens is 448 g/mol. The number of rotatable bonds is 9. The van der Waals surface area contributed by atoms with Crippen molar-refractivity contribution in [3.8, 4) is 0 Å². The number of sulfonamides is 1. The van der Waals surface area contributed by atoms with Crippen molar-refractivity contribution >= 4 is 39.4 Å². The van der Waals surface area contributed by atoms with Crippen LogP contribution in [0.2, 0.25) is 0 Å². The number of nitrogens with zero attached hydrogens (tertiary/aromatic N) is 2. The van der Waals surface area contributed by atoms with Gasteiger partial charge in [-0.2, -0.15) is 16.1 Å². The molecule has 2 heterocycles. The highest BCUT2D eigenvalue weighted by Crippen LogP contribution is 2.24. The maximum absolute atomic E-state index is 13.0.